The molecule has 72 valence electrons. The molecule has 0 rings (SSSR count). The van der Waals surface area contributed by atoms with E-state index < -0.39 is 0 Å². The average Bonchev–Trinajstić information content (AvgIpc) is 2.03. The van der Waals surface area contributed by atoms with E-state index in [0.717, 1.165) is 19.4 Å². The molecule has 2 nitrogen and oxygen atoms in total. The average molecular weight is 236 g/mol. The molecule has 0 fully saturated rings. The van der Waals surface area contributed by atoms with Crippen LogP contribution in [-0.4, -0.2) is 17.3 Å². The van der Waals surface area contributed by atoms with Crippen LogP contribution in [0.1, 0.15) is 33.6 Å². The maximum atomic E-state index is 11.1. The van der Waals surface area contributed by atoms with E-state index in [1.807, 2.05) is 13.8 Å². The van der Waals surface area contributed by atoms with Gasteiger partial charge in [-0.3, -0.25) is 4.79 Å². The van der Waals surface area contributed by atoms with Crippen LogP contribution in [0.25, 0.3) is 0 Å². The predicted molar refractivity (Wildman–Crippen MR) is 55.5 cm³/mol. The highest BCUT2D eigenvalue weighted by atomic mass is 79.9. The van der Waals surface area contributed by atoms with Gasteiger partial charge in [0.25, 0.3) is 0 Å². The topological polar surface area (TPSA) is 29.1 Å². The minimum absolute atomic E-state index is 0.0976. The SMILES string of the molecule is CCC(Br)CCNC(=O)C(C)C. The standard InChI is InChI=1S/C9H18BrNO/c1-4-8(10)5-6-11-9(12)7(2)3/h7-8H,4-6H2,1-3H3,(H,11,12). The number of carbonyl (C=O) groups is 1. The van der Waals surface area contributed by atoms with Gasteiger partial charge in [0, 0.05) is 17.3 Å². The first-order chi connectivity index (χ1) is 5.57. The lowest BCUT2D eigenvalue weighted by atomic mass is 10.2. The van der Waals surface area contributed by atoms with Gasteiger partial charge in [-0.1, -0.05) is 36.7 Å². The van der Waals surface area contributed by atoms with E-state index in [4.69, 9.17) is 0 Å². The molecule has 0 aliphatic rings. The first-order valence-corrected chi connectivity index (χ1v) is 5.41. The number of hydrogen-bond acceptors (Lipinski definition) is 1. The second-order valence-electron chi connectivity index (χ2n) is 3.24. The van der Waals surface area contributed by atoms with Gasteiger partial charge in [-0.15, -0.1) is 0 Å². The summed E-state index contributed by atoms with van der Waals surface area (Å²) in [4.78, 5) is 11.6. The monoisotopic (exact) mass is 235 g/mol. The molecule has 0 radical (unpaired) electrons. The molecule has 0 aromatic heterocycles. The number of halogens is 1. The first kappa shape index (κ1) is 11.9. The Balaban J connectivity index is 3.37. The van der Waals surface area contributed by atoms with E-state index in [1.54, 1.807) is 0 Å². The molecule has 0 bridgehead atoms. The lowest BCUT2D eigenvalue weighted by molar-refractivity contribution is -0.123. The number of hydrogen-bond donors (Lipinski definition) is 1. The number of amides is 1. The molecular weight excluding hydrogens is 218 g/mol. The summed E-state index contributed by atoms with van der Waals surface area (Å²) in [5, 5.41) is 2.88. The van der Waals surface area contributed by atoms with Gasteiger partial charge in [0.05, 0.1) is 0 Å². The number of carbonyl (C=O) groups excluding carboxylic acids is 1. The minimum atomic E-state index is 0.0976. The molecule has 0 aromatic rings. The van der Waals surface area contributed by atoms with Crippen LogP contribution < -0.4 is 5.32 Å². The second kappa shape index (κ2) is 6.46. The molecule has 0 saturated carbocycles. The van der Waals surface area contributed by atoms with Gasteiger partial charge in [-0.25, -0.2) is 0 Å². The lowest BCUT2D eigenvalue weighted by Crippen LogP contribution is -2.29. The maximum Gasteiger partial charge on any atom is 0.222 e. The number of alkyl halides is 1. The fourth-order valence-electron chi connectivity index (χ4n) is 0.760. The molecule has 0 aliphatic carbocycles. The summed E-state index contributed by atoms with van der Waals surface area (Å²) in [5.41, 5.74) is 0. The quantitative estimate of drug-likeness (QED) is 0.729. The largest absolute Gasteiger partial charge is 0.356 e. The molecule has 0 spiro atoms. The van der Waals surface area contributed by atoms with Gasteiger partial charge in [0.2, 0.25) is 5.91 Å². The molecule has 0 aliphatic heterocycles. The summed E-state index contributed by atoms with van der Waals surface area (Å²) in [6.07, 6.45) is 2.12. The van der Waals surface area contributed by atoms with E-state index in [1.165, 1.54) is 0 Å². The van der Waals surface area contributed by atoms with Gasteiger partial charge in [-0.2, -0.15) is 0 Å². The van der Waals surface area contributed by atoms with Crippen LogP contribution in [-0.2, 0) is 4.79 Å². The molecule has 3 heteroatoms. The Kier molecular flexibility index (Phi) is 6.44. The normalized spacial score (nSPS) is 13.1. The predicted octanol–water partition coefficient (Wildman–Crippen LogP) is 2.32. The third kappa shape index (κ3) is 5.58. The molecule has 0 aromatic carbocycles. The Morgan fingerprint density at radius 1 is 1.50 bits per heavy atom. The summed E-state index contributed by atoms with van der Waals surface area (Å²) in [6.45, 7) is 6.71. The molecule has 1 N–H and O–H groups in total. The van der Waals surface area contributed by atoms with Crippen molar-refractivity contribution in [1.82, 2.24) is 5.32 Å². The summed E-state index contributed by atoms with van der Waals surface area (Å²) >= 11 is 3.51. The Morgan fingerprint density at radius 2 is 2.08 bits per heavy atom. The molecule has 12 heavy (non-hydrogen) atoms. The smallest absolute Gasteiger partial charge is 0.222 e. The molecule has 0 heterocycles. The Hall–Kier alpha value is -0.0500. The molecule has 0 saturated heterocycles. The van der Waals surface area contributed by atoms with Crippen molar-refractivity contribution in [2.45, 2.75) is 38.4 Å². The second-order valence-corrected chi connectivity index (χ2v) is 4.53. The van der Waals surface area contributed by atoms with Crippen LogP contribution in [0.2, 0.25) is 0 Å². The van der Waals surface area contributed by atoms with Gasteiger partial charge < -0.3 is 5.32 Å². The van der Waals surface area contributed by atoms with Crippen LogP contribution in [0.5, 0.6) is 0 Å². The van der Waals surface area contributed by atoms with Crippen molar-refractivity contribution in [2.24, 2.45) is 5.92 Å². The number of rotatable bonds is 5. The van der Waals surface area contributed by atoms with Crippen molar-refractivity contribution in [3.63, 3.8) is 0 Å². The Labute approximate surface area is 83.2 Å². The van der Waals surface area contributed by atoms with E-state index in [0.29, 0.717) is 4.83 Å². The van der Waals surface area contributed by atoms with Gasteiger partial charge in [0.15, 0.2) is 0 Å². The van der Waals surface area contributed by atoms with Crippen LogP contribution in [0.3, 0.4) is 0 Å². The summed E-state index contributed by atoms with van der Waals surface area (Å²) in [6, 6.07) is 0. The van der Waals surface area contributed by atoms with E-state index in [9.17, 15) is 4.79 Å². The maximum absolute atomic E-state index is 11.1. The fourth-order valence-corrected chi connectivity index (χ4v) is 0.989. The van der Waals surface area contributed by atoms with Gasteiger partial charge in [0.1, 0.15) is 0 Å². The van der Waals surface area contributed by atoms with Crippen LogP contribution in [0.4, 0.5) is 0 Å². The molecule has 1 unspecified atom stereocenters. The van der Waals surface area contributed by atoms with E-state index in [-0.39, 0.29) is 11.8 Å². The highest BCUT2D eigenvalue weighted by molar-refractivity contribution is 9.09. The summed E-state index contributed by atoms with van der Waals surface area (Å²) in [5.74, 6) is 0.242. The van der Waals surface area contributed by atoms with Crippen LogP contribution in [0, 0.1) is 5.92 Å². The zero-order chi connectivity index (χ0) is 9.56. The highest BCUT2D eigenvalue weighted by Gasteiger charge is 2.06. The van der Waals surface area contributed by atoms with Gasteiger partial charge >= 0.3 is 0 Å². The van der Waals surface area contributed by atoms with E-state index >= 15 is 0 Å². The summed E-state index contributed by atoms with van der Waals surface area (Å²) < 4.78 is 0. The molecular formula is C9H18BrNO. The lowest BCUT2D eigenvalue weighted by Gasteiger charge is -2.09. The minimum Gasteiger partial charge on any atom is -0.356 e. The van der Waals surface area contributed by atoms with Gasteiger partial charge in [-0.05, 0) is 12.8 Å². The van der Waals surface area contributed by atoms with Crippen molar-refractivity contribution in [1.29, 1.82) is 0 Å². The van der Waals surface area contributed by atoms with Crippen molar-refractivity contribution in [2.75, 3.05) is 6.54 Å². The fraction of sp³-hybridized carbons (Fsp3) is 0.889. The third-order valence-electron chi connectivity index (χ3n) is 1.72. The molecule has 1 amide bonds. The zero-order valence-electron chi connectivity index (χ0n) is 8.06. The Bertz CT molecular complexity index is 136. The summed E-state index contributed by atoms with van der Waals surface area (Å²) in [7, 11) is 0. The third-order valence-corrected chi connectivity index (χ3v) is 2.83. The first-order valence-electron chi connectivity index (χ1n) is 4.49. The Morgan fingerprint density at radius 3 is 2.50 bits per heavy atom. The van der Waals surface area contributed by atoms with Crippen molar-refractivity contribution >= 4 is 21.8 Å². The van der Waals surface area contributed by atoms with Crippen molar-refractivity contribution in [3.8, 4) is 0 Å². The zero-order valence-corrected chi connectivity index (χ0v) is 9.65. The van der Waals surface area contributed by atoms with Crippen molar-refractivity contribution in [3.05, 3.63) is 0 Å². The van der Waals surface area contributed by atoms with E-state index in [2.05, 4.69) is 28.2 Å². The molecule has 1 atom stereocenters. The highest BCUT2D eigenvalue weighted by Crippen LogP contribution is 2.07. The van der Waals surface area contributed by atoms with Crippen LogP contribution in [0.15, 0.2) is 0 Å². The number of nitrogens with one attached hydrogen (secondary N) is 1. The van der Waals surface area contributed by atoms with Crippen LogP contribution >= 0.6 is 15.9 Å². The van der Waals surface area contributed by atoms with Crippen molar-refractivity contribution < 1.29 is 4.79 Å².